The Balaban J connectivity index is 1.66. The van der Waals surface area contributed by atoms with E-state index in [1.54, 1.807) is 0 Å². The first-order valence-electron chi connectivity index (χ1n) is 6.17. The van der Waals surface area contributed by atoms with E-state index in [1.165, 1.54) is 12.0 Å². The molecule has 2 nitrogen and oxygen atoms in total. The second-order valence-corrected chi connectivity index (χ2v) is 6.57. The average Bonchev–Trinajstić information content (AvgIpc) is 2.76. The van der Waals surface area contributed by atoms with Gasteiger partial charge in [-0.15, -0.1) is 0 Å². The summed E-state index contributed by atoms with van der Waals surface area (Å²) in [6.07, 6.45) is 1.27. The number of thioether (sulfide) groups is 1. The Labute approximate surface area is 107 Å². The standard InChI is InChI=1S/C14H18N2S/c1-14(2)8-12(14)16-13-15-11(9-17-13)10-6-4-3-5-7-10/h3-7,11-12H,8-9H2,1-2H3,(H,15,16). The van der Waals surface area contributed by atoms with Crippen LogP contribution in [0.5, 0.6) is 0 Å². The van der Waals surface area contributed by atoms with Crippen LogP contribution in [0.15, 0.2) is 35.3 Å². The predicted octanol–water partition coefficient (Wildman–Crippen LogP) is 3.22. The lowest BCUT2D eigenvalue weighted by atomic mass is 10.1. The van der Waals surface area contributed by atoms with Crippen molar-refractivity contribution >= 4 is 16.9 Å². The van der Waals surface area contributed by atoms with Crippen molar-refractivity contribution in [2.24, 2.45) is 10.4 Å². The molecule has 0 spiro atoms. The van der Waals surface area contributed by atoms with Crippen LogP contribution in [0.2, 0.25) is 0 Å². The molecule has 1 fully saturated rings. The lowest BCUT2D eigenvalue weighted by molar-refractivity contribution is 0.596. The molecule has 0 radical (unpaired) electrons. The van der Waals surface area contributed by atoms with E-state index in [0.717, 1.165) is 10.9 Å². The van der Waals surface area contributed by atoms with E-state index in [9.17, 15) is 0 Å². The summed E-state index contributed by atoms with van der Waals surface area (Å²) in [6.45, 7) is 4.61. The van der Waals surface area contributed by atoms with Gasteiger partial charge in [0.05, 0.1) is 6.04 Å². The molecule has 2 aliphatic rings. The first kappa shape index (κ1) is 11.1. The van der Waals surface area contributed by atoms with Gasteiger partial charge >= 0.3 is 0 Å². The third-order valence-corrected chi connectivity index (χ3v) is 4.63. The Morgan fingerprint density at radius 3 is 2.65 bits per heavy atom. The van der Waals surface area contributed by atoms with Crippen LogP contribution in [0.4, 0.5) is 0 Å². The Morgan fingerprint density at radius 2 is 2.00 bits per heavy atom. The number of benzene rings is 1. The molecule has 1 aliphatic heterocycles. The van der Waals surface area contributed by atoms with Crippen molar-refractivity contribution in [3.05, 3.63) is 35.9 Å². The minimum atomic E-state index is 0.338. The summed E-state index contributed by atoms with van der Waals surface area (Å²) < 4.78 is 0. The number of amidine groups is 1. The fourth-order valence-electron chi connectivity index (χ4n) is 2.16. The summed E-state index contributed by atoms with van der Waals surface area (Å²) in [5.41, 5.74) is 1.79. The van der Waals surface area contributed by atoms with Crippen LogP contribution in [-0.2, 0) is 0 Å². The second kappa shape index (κ2) is 4.05. The van der Waals surface area contributed by atoms with Gasteiger partial charge in [-0.1, -0.05) is 55.9 Å². The molecule has 0 amide bonds. The van der Waals surface area contributed by atoms with Crippen LogP contribution in [0.1, 0.15) is 31.9 Å². The van der Waals surface area contributed by atoms with E-state index in [4.69, 9.17) is 4.99 Å². The van der Waals surface area contributed by atoms with Gasteiger partial charge in [0.15, 0.2) is 5.17 Å². The Bertz CT molecular complexity index is 439. The topological polar surface area (TPSA) is 24.4 Å². The minimum absolute atomic E-state index is 0.338. The number of rotatable bonds is 2. The number of nitrogens with zero attached hydrogens (tertiary/aromatic N) is 1. The van der Waals surface area contributed by atoms with Gasteiger partial charge in [-0.25, -0.2) is 0 Å². The first-order valence-corrected chi connectivity index (χ1v) is 7.16. The zero-order valence-electron chi connectivity index (χ0n) is 10.3. The van der Waals surface area contributed by atoms with Crippen molar-refractivity contribution in [1.82, 2.24) is 5.32 Å². The van der Waals surface area contributed by atoms with E-state index in [2.05, 4.69) is 49.5 Å². The van der Waals surface area contributed by atoms with E-state index in [0.29, 0.717) is 17.5 Å². The highest BCUT2D eigenvalue weighted by Crippen LogP contribution is 2.45. The maximum Gasteiger partial charge on any atom is 0.157 e. The van der Waals surface area contributed by atoms with Gasteiger partial charge in [-0.05, 0) is 17.4 Å². The van der Waals surface area contributed by atoms with Crippen molar-refractivity contribution in [2.45, 2.75) is 32.4 Å². The van der Waals surface area contributed by atoms with E-state index < -0.39 is 0 Å². The van der Waals surface area contributed by atoms with Crippen LogP contribution in [0, 0.1) is 5.41 Å². The summed E-state index contributed by atoms with van der Waals surface area (Å²) >= 11 is 1.85. The Morgan fingerprint density at radius 1 is 1.29 bits per heavy atom. The second-order valence-electron chi connectivity index (χ2n) is 5.56. The highest BCUT2D eigenvalue weighted by Gasteiger charge is 2.46. The van der Waals surface area contributed by atoms with Gasteiger partial charge in [0.1, 0.15) is 0 Å². The quantitative estimate of drug-likeness (QED) is 0.866. The first-order chi connectivity index (χ1) is 8.15. The third kappa shape index (κ3) is 2.34. The smallest absolute Gasteiger partial charge is 0.157 e. The lowest BCUT2D eigenvalue weighted by Crippen LogP contribution is -2.24. The fraction of sp³-hybridized carbons (Fsp3) is 0.500. The van der Waals surface area contributed by atoms with Gasteiger partial charge in [-0.2, -0.15) is 0 Å². The molecule has 3 rings (SSSR count). The normalized spacial score (nSPS) is 29.9. The molecule has 0 aromatic heterocycles. The summed E-state index contributed by atoms with van der Waals surface area (Å²) in [6, 6.07) is 11.5. The zero-order valence-corrected chi connectivity index (χ0v) is 11.1. The molecule has 17 heavy (non-hydrogen) atoms. The van der Waals surface area contributed by atoms with Gasteiger partial charge in [0.25, 0.3) is 0 Å². The van der Waals surface area contributed by atoms with Crippen molar-refractivity contribution in [2.75, 3.05) is 5.75 Å². The Hall–Kier alpha value is -0.960. The highest BCUT2D eigenvalue weighted by molar-refractivity contribution is 8.14. The Kier molecular flexibility index (Phi) is 2.66. The molecule has 3 heteroatoms. The maximum absolute atomic E-state index is 4.77. The molecule has 90 valence electrons. The number of hydrogen-bond donors (Lipinski definition) is 1. The van der Waals surface area contributed by atoms with Crippen molar-refractivity contribution < 1.29 is 0 Å². The van der Waals surface area contributed by atoms with Crippen LogP contribution in [0.3, 0.4) is 0 Å². The number of hydrogen-bond acceptors (Lipinski definition) is 3. The van der Waals surface area contributed by atoms with Crippen LogP contribution in [0.25, 0.3) is 0 Å². The van der Waals surface area contributed by atoms with E-state index in [1.807, 2.05) is 11.8 Å². The third-order valence-electron chi connectivity index (χ3n) is 3.65. The van der Waals surface area contributed by atoms with Gasteiger partial charge in [-0.3, -0.25) is 4.99 Å². The predicted molar refractivity (Wildman–Crippen MR) is 74.4 cm³/mol. The molecule has 0 saturated heterocycles. The van der Waals surface area contributed by atoms with Crippen molar-refractivity contribution in [3.63, 3.8) is 0 Å². The molecule has 2 atom stereocenters. The molecule has 1 aromatic carbocycles. The molecule has 1 N–H and O–H groups in total. The van der Waals surface area contributed by atoms with Crippen LogP contribution < -0.4 is 5.32 Å². The molecule has 1 heterocycles. The monoisotopic (exact) mass is 246 g/mol. The van der Waals surface area contributed by atoms with Gasteiger partial charge in [0.2, 0.25) is 0 Å². The van der Waals surface area contributed by atoms with Crippen LogP contribution in [-0.4, -0.2) is 17.0 Å². The largest absolute Gasteiger partial charge is 0.362 e. The molecule has 2 unspecified atom stereocenters. The van der Waals surface area contributed by atoms with E-state index >= 15 is 0 Å². The summed E-state index contributed by atoms with van der Waals surface area (Å²) in [5, 5.41) is 4.69. The molecule has 1 aliphatic carbocycles. The number of nitrogens with one attached hydrogen (secondary N) is 1. The highest BCUT2D eigenvalue weighted by atomic mass is 32.2. The van der Waals surface area contributed by atoms with Crippen LogP contribution >= 0.6 is 11.8 Å². The molecular formula is C14H18N2S. The van der Waals surface area contributed by atoms with Gasteiger partial charge in [0, 0.05) is 11.8 Å². The molecule has 1 aromatic rings. The zero-order chi connectivity index (χ0) is 11.9. The minimum Gasteiger partial charge on any atom is -0.362 e. The summed E-state index contributed by atoms with van der Waals surface area (Å²) in [4.78, 5) is 4.77. The fourth-order valence-corrected chi connectivity index (χ4v) is 3.17. The molecule has 1 saturated carbocycles. The van der Waals surface area contributed by atoms with E-state index in [-0.39, 0.29) is 0 Å². The van der Waals surface area contributed by atoms with Crippen molar-refractivity contribution in [1.29, 1.82) is 0 Å². The SMILES string of the molecule is CC1(C)CC1NC1=NC(c2ccccc2)CS1. The van der Waals surface area contributed by atoms with Gasteiger partial charge < -0.3 is 5.32 Å². The maximum atomic E-state index is 4.77. The average molecular weight is 246 g/mol. The van der Waals surface area contributed by atoms with Crippen molar-refractivity contribution in [3.8, 4) is 0 Å². The lowest BCUT2D eigenvalue weighted by Gasteiger charge is -2.06. The molecule has 0 bridgehead atoms. The number of aliphatic imine (C=N–C) groups is 1. The summed E-state index contributed by atoms with van der Waals surface area (Å²) in [5.74, 6) is 1.07. The summed E-state index contributed by atoms with van der Waals surface area (Å²) in [7, 11) is 0. The molecular weight excluding hydrogens is 228 g/mol.